The summed E-state index contributed by atoms with van der Waals surface area (Å²) in [6.45, 7) is 0. The summed E-state index contributed by atoms with van der Waals surface area (Å²) >= 11 is 0. The molecule has 5 rings (SSSR count). The Labute approximate surface area is 169 Å². The average molecular weight is 375 g/mol. The van der Waals surface area contributed by atoms with Crippen LogP contribution in [0, 0.1) is 5.82 Å². The van der Waals surface area contributed by atoms with Gasteiger partial charge in [0.2, 0.25) is 0 Å². The van der Waals surface area contributed by atoms with E-state index in [1.54, 1.807) is 0 Å². The minimum Gasteiger partial charge on any atom is -0.247 e. The summed E-state index contributed by atoms with van der Waals surface area (Å²) in [6, 6.07) is 35.4. The quantitative estimate of drug-likeness (QED) is 0.321. The van der Waals surface area contributed by atoms with Gasteiger partial charge < -0.3 is 0 Å². The van der Waals surface area contributed by atoms with Crippen molar-refractivity contribution in [3.63, 3.8) is 0 Å². The van der Waals surface area contributed by atoms with Crippen LogP contribution in [0.2, 0.25) is 0 Å². The SMILES string of the molecule is Fc1ccc(-c2c(-c3ccccc3)c(-c3ccccc3)nc3ccccc23)cc1. The second kappa shape index (κ2) is 7.33. The number of benzene rings is 4. The van der Waals surface area contributed by atoms with Gasteiger partial charge >= 0.3 is 0 Å². The normalized spacial score (nSPS) is 10.9. The van der Waals surface area contributed by atoms with E-state index in [1.807, 2.05) is 66.7 Å². The maximum Gasteiger partial charge on any atom is 0.123 e. The lowest BCUT2D eigenvalue weighted by Gasteiger charge is -2.18. The molecule has 0 fully saturated rings. The van der Waals surface area contributed by atoms with Crippen molar-refractivity contribution in [3.05, 3.63) is 115 Å². The topological polar surface area (TPSA) is 12.9 Å². The van der Waals surface area contributed by atoms with Crippen molar-refractivity contribution in [2.24, 2.45) is 0 Å². The molecular weight excluding hydrogens is 357 g/mol. The number of halogens is 1. The molecule has 0 bridgehead atoms. The molecule has 0 radical (unpaired) electrons. The van der Waals surface area contributed by atoms with Crippen LogP contribution in [-0.4, -0.2) is 4.98 Å². The molecule has 4 aromatic carbocycles. The fourth-order valence-corrected chi connectivity index (χ4v) is 3.82. The second-order valence-corrected chi connectivity index (χ2v) is 6.97. The Kier molecular flexibility index (Phi) is 4.38. The molecule has 5 aromatic rings. The third-order valence-corrected chi connectivity index (χ3v) is 5.14. The van der Waals surface area contributed by atoms with Crippen LogP contribution in [0.4, 0.5) is 4.39 Å². The summed E-state index contributed by atoms with van der Waals surface area (Å²) in [5, 5.41) is 1.05. The van der Waals surface area contributed by atoms with E-state index < -0.39 is 0 Å². The first-order valence-corrected chi connectivity index (χ1v) is 9.61. The Morgan fingerprint density at radius 2 is 1.03 bits per heavy atom. The van der Waals surface area contributed by atoms with Gasteiger partial charge in [0.15, 0.2) is 0 Å². The lowest BCUT2D eigenvalue weighted by atomic mass is 9.88. The number of hydrogen-bond acceptors (Lipinski definition) is 1. The van der Waals surface area contributed by atoms with Gasteiger partial charge in [-0.15, -0.1) is 0 Å². The van der Waals surface area contributed by atoms with Crippen LogP contribution in [-0.2, 0) is 0 Å². The molecule has 0 amide bonds. The third kappa shape index (κ3) is 3.19. The fraction of sp³-hybridized carbons (Fsp3) is 0. The summed E-state index contributed by atoms with van der Waals surface area (Å²) in [4.78, 5) is 5.05. The van der Waals surface area contributed by atoms with Crippen molar-refractivity contribution in [1.82, 2.24) is 4.98 Å². The smallest absolute Gasteiger partial charge is 0.123 e. The van der Waals surface area contributed by atoms with Gasteiger partial charge in [0.05, 0.1) is 11.2 Å². The molecule has 0 spiro atoms. The standard InChI is InChI=1S/C27H18FN/c28-22-17-15-20(16-18-22)25-23-13-7-8-14-24(23)29-27(21-11-5-2-6-12-21)26(25)19-9-3-1-4-10-19/h1-18H. The fourth-order valence-electron chi connectivity index (χ4n) is 3.82. The van der Waals surface area contributed by atoms with Crippen LogP contribution in [0.1, 0.15) is 0 Å². The van der Waals surface area contributed by atoms with E-state index in [0.717, 1.165) is 44.4 Å². The van der Waals surface area contributed by atoms with E-state index in [0.29, 0.717) is 0 Å². The number of para-hydroxylation sites is 1. The highest BCUT2D eigenvalue weighted by Gasteiger charge is 2.19. The summed E-state index contributed by atoms with van der Waals surface area (Å²) in [5.41, 5.74) is 7.09. The Balaban J connectivity index is 1.96. The lowest BCUT2D eigenvalue weighted by molar-refractivity contribution is 0.628. The van der Waals surface area contributed by atoms with Crippen molar-refractivity contribution in [3.8, 4) is 33.5 Å². The van der Waals surface area contributed by atoms with E-state index >= 15 is 0 Å². The zero-order valence-electron chi connectivity index (χ0n) is 15.7. The highest BCUT2D eigenvalue weighted by atomic mass is 19.1. The maximum absolute atomic E-state index is 13.7. The zero-order chi connectivity index (χ0) is 19.6. The highest BCUT2D eigenvalue weighted by Crippen LogP contribution is 2.43. The van der Waals surface area contributed by atoms with Crippen LogP contribution >= 0.6 is 0 Å². The van der Waals surface area contributed by atoms with Crippen LogP contribution in [0.3, 0.4) is 0 Å². The van der Waals surface area contributed by atoms with Gasteiger partial charge in [-0.25, -0.2) is 9.37 Å². The van der Waals surface area contributed by atoms with E-state index in [4.69, 9.17) is 4.98 Å². The minimum atomic E-state index is -0.239. The molecule has 138 valence electrons. The molecule has 1 nitrogen and oxygen atoms in total. The summed E-state index contributed by atoms with van der Waals surface area (Å²) in [6.07, 6.45) is 0. The van der Waals surface area contributed by atoms with Crippen molar-refractivity contribution >= 4 is 10.9 Å². The largest absolute Gasteiger partial charge is 0.247 e. The van der Waals surface area contributed by atoms with Gasteiger partial charge in [0.25, 0.3) is 0 Å². The Morgan fingerprint density at radius 3 is 1.72 bits per heavy atom. The molecule has 0 atom stereocenters. The van der Waals surface area contributed by atoms with Gasteiger partial charge in [-0.1, -0.05) is 91.0 Å². The zero-order valence-corrected chi connectivity index (χ0v) is 15.7. The van der Waals surface area contributed by atoms with E-state index in [2.05, 4.69) is 30.3 Å². The van der Waals surface area contributed by atoms with Gasteiger partial charge in [-0.05, 0) is 29.3 Å². The van der Waals surface area contributed by atoms with Gasteiger partial charge in [0.1, 0.15) is 5.82 Å². The van der Waals surface area contributed by atoms with Crippen LogP contribution in [0.5, 0.6) is 0 Å². The third-order valence-electron chi connectivity index (χ3n) is 5.14. The van der Waals surface area contributed by atoms with Gasteiger partial charge in [-0.2, -0.15) is 0 Å². The number of pyridine rings is 1. The Hall–Kier alpha value is -3.78. The predicted molar refractivity (Wildman–Crippen MR) is 118 cm³/mol. The second-order valence-electron chi connectivity index (χ2n) is 6.97. The summed E-state index contributed by atoms with van der Waals surface area (Å²) in [5.74, 6) is -0.239. The Morgan fingerprint density at radius 1 is 0.483 bits per heavy atom. The first-order chi connectivity index (χ1) is 14.3. The maximum atomic E-state index is 13.7. The molecule has 0 unspecified atom stereocenters. The van der Waals surface area contributed by atoms with Crippen molar-refractivity contribution in [2.45, 2.75) is 0 Å². The number of fused-ring (bicyclic) bond motifs is 1. The van der Waals surface area contributed by atoms with E-state index in [1.165, 1.54) is 12.1 Å². The van der Waals surface area contributed by atoms with Crippen molar-refractivity contribution in [2.75, 3.05) is 0 Å². The molecule has 2 heteroatoms. The van der Waals surface area contributed by atoms with Crippen LogP contribution in [0.15, 0.2) is 109 Å². The summed E-state index contributed by atoms with van der Waals surface area (Å²) in [7, 11) is 0. The number of hydrogen-bond donors (Lipinski definition) is 0. The molecule has 0 aliphatic heterocycles. The Bertz CT molecular complexity index is 1280. The minimum absolute atomic E-state index is 0.239. The monoisotopic (exact) mass is 375 g/mol. The van der Waals surface area contributed by atoms with E-state index in [-0.39, 0.29) is 5.82 Å². The highest BCUT2D eigenvalue weighted by molar-refractivity contribution is 6.06. The molecule has 1 aromatic heterocycles. The van der Waals surface area contributed by atoms with Crippen LogP contribution in [0.25, 0.3) is 44.4 Å². The molecule has 0 N–H and O–H groups in total. The van der Waals surface area contributed by atoms with Crippen molar-refractivity contribution < 1.29 is 4.39 Å². The molecule has 0 aliphatic carbocycles. The van der Waals surface area contributed by atoms with Crippen molar-refractivity contribution in [1.29, 1.82) is 0 Å². The average Bonchev–Trinajstić information content (AvgIpc) is 2.79. The first-order valence-electron chi connectivity index (χ1n) is 9.61. The first kappa shape index (κ1) is 17.3. The predicted octanol–water partition coefficient (Wildman–Crippen LogP) is 7.37. The molecule has 1 heterocycles. The van der Waals surface area contributed by atoms with E-state index in [9.17, 15) is 4.39 Å². The molecule has 0 saturated carbocycles. The molecular formula is C27H18FN. The molecule has 0 aliphatic rings. The lowest BCUT2D eigenvalue weighted by Crippen LogP contribution is -1.96. The number of rotatable bonds is 3. The molecule has 0 saturated heterocycles. The number of nitrogens with zero attached hydrogens (tertiary/aromatic N) is 1. The van der Waals surface area contributed by atoms with Gasteiger partial charge in [-0.3, -0.25) is 0 Å². The van der Waals surface area contributed by atoms with Gasteiger partial charge in [0, 0.05) is 22.1 Å². The van der Waals surface area contributed by atoms with Crippen LogP contribution < -0.4 is 0 Å². The molecule has 29 heavy (non-hydrogen) atoms. The summed E-state index contributed by atoms with van der Waals surface area (Å²) < 4.78 is 13.7. The number of aromatic nitrogens is 1.